The average molecular weight is 280 g/mol. The number of rotatable bonds is 6. The maximum atomic E-state index is 11.9. The molecule has 0 aliphatic rings. The average Bonchev–Trinajstić information content (AvgIpc) is 2.15. The van der Waals surface area contributed by atoms with Crippen LogP contribution in [0.4, 0.5) is 0 Å². The lowest BCUT2D eigenvalue weighted by molar-refractivity contribution is -0.156. The molecule has 0 aromatic rings. The summed E-state index contributed by atoms with van der Waals surface area (Å²) in [4.78, 5) is 11.7. The van der Waals surface area contributed by atoms with Crippen LogP contribution in [0.2, 0.25) is 0 Å². The summed E-state index contributed by atoms with van der Waals surface area (Å²) < 4.78 is 32.4. The largest absolute Gasteiger partial charge is 0.459 e. The van der Waals surface area contributed by atoms with E-state index in [9.17, 15) is 13.2 Å². The van der Waals surface area contributed by atoms with E-state index in [4.69, 9.17) is 4.74 Å². The predicted molar refractivity (Wildman–Crippen MR) is 70.3 cm³/mol. The first kappa shape index (κ1) is 17.3. The molecule has 1 atom stereocenters. The van der Waals surface area contributed by atoms with Crippen molar-refractivity contribution in [2.75, 3.05) is 13.1 Å². The highest BCUT2D eigenvalue weighted by Gasteiger charge is 2.27. The lowest BCUT2D eigenvalue weighted by atomic mass is 10.2. The van der Waals surface area contributed by atoms with Crippen LogP contribution in [0.15, 0.2) is 0 Å². The third-order valence-electron chi connectivity index (χ3n) is 2.13. The Hall–Kier alpha value is -0.660. The van der Waals surface area contributed by atoms with Gasteiger partial charge in [0.1, 0.15) is 11.6 Å². The molecule has 0 unspecified atom stereocenters. The Labute approximate surface area is 110 Å². The van der Waals surface area contributed by atoms with E-state index in [1.807, 2.05) is 0 Å². The van der Waals surface area contributed by atoms with Crippen LogP contribution in [0, 0.1) is 0 Å². The van der Waals surface area contributed by atoms with Crippen LogP contribution in [0.3, 0.4) is 0 Å². The highest BCUT2D eigenvalue weighted by molar-refractivity contribution is 7.87. The third kappa shape index (κ3) is 5.79. The summed E-state index contributed by atoms with van der Waals surface area (Å²) >= 11 is 0. The Kier molecular flexibility index (Phi) is 6.25. The smallest absolute Gasteiger partial charge is 0.324 e. The summed E-state index contributed by atoms with van der Waals surface area (Å²) in [5, 5.41) is 0. The molecule has 108 valence electrons. The summed E-state index contributed by atoms with van der Waals surface area (Å²) in [7, 11) is -3.64. The topological polar surface area (TPSA) is 75.7 Å². The number of esters is 1. The predicted octanol–water partition coefficient (Wildman–Crippen LogP) is 0.893. The van der Waals surface area contributed by atoms with Crippen LogP contribution in [0.1, 0.15) is 41.5 Å². The van der Waals surface area contributed by atoms with E-state index in [-0.39, 0.29) is 0 Å². The maximum Gasteiger partial charge on any atom is 0.324 e. The number of carbonyl (C=O) groups excluding carboxylic acids is 1. The molecular weight excluding hydrogens is 256 g/mol. The second kappa shape index (κ2) is 6.49. The van der Waals surface area contributed by atoms with Crippen LogP contribution < -0.4 is 4.72 Å². The Morgan fingerprint density at radius 1 is 1.28 bits per heavy atom. The first-order valence-electron chi connectivity index (χ1n) is 6.03. The van der Waals surface area contributed by atoms with Gasteiger partial charge in [-0.15, -0.1) is 0 Å². The van der Waals surface area contributed by atoms with E-state index in [0.29, 0.717) is 13.1 Å². The number of nitrogens with one attached hydrogen (secondary N) is 1. The minimum Gasteiger partial charge on any atom is -0.459 e. The zero-order valence-electron chi connectivity index (χ0n) is 12.0. The molecular formula is C11H24N2O4S. The standard InChI is InChI=1S/C11H24N2O4S/c1-7-13(8-2)18(15,16)12-9(3)10(14)17-11(4,5)6/h9,12H,7-8H2,1-6H3/t9-/m1/s1. The summed E-state index contributed by atoms with van der Waals surface area (Å²) in [6.07, 6.45) is 0. The van der Waals surface area contributed by atoms with Gasteiger partial charge in [0, 0.05) is 13.1 Å². The molecule has 6 nitrogen and oxygen atoms in total. The molecule has 0 saturated heterocycles. The van der Waals surface area contributed by atoms with Crippen LogP contribution in [-0.4, -0.2) is 43.4 Å². The van der Waals surface area contributed by atoms with Crippen LogP contribution in [0.25, 0.3) is 0 Å². The van der Waals surface area contributed by atoms with Crippen molar-refractivity contribution in [2.45, 2.75) is 53.2 Å². The number of nitrogens with zero attached hydrogens (tertiary/aromatic N) is 1. The van der Waals surface area contributed by atoms with E-state index in [2.05, 4.69) is 4.72 Å². The molecule has 0 aromatic carbocycles. The van der Waals surface area contributed by atoms with Gasteiger partial charge in [-0.3, -0.25) is 4.79 Å². The van der Waals surface area contributed by atoms with Gasteiger partial charge < -0.3 is 4.74 Å². The van der Waals surface area contributed by atoms with E-state index in [0.717, 1.165) is 0 Å². The fraction of sp³-hybridized carbons (Fsp3) is 0.909. The van der Waals surface area contributed by atoms with Gasteiger partial charge in [-0.05, 0) is 27.7 Å². The normalized spacial score (nSPS) is 14.6. The molecule has 0 fully saturated rings. The molecule has 0 aromatic heterocycles. The molecule has 0 radical (unpaired) electrons. The fourth-order valence-electron chi connectivity index (χ4n) is 1.30. The van der Waals surface area contributed by atoms with Crippen molar-refractivity contribution in [3.05, 3.63) is 0 Å². The number of hydrogen-bond donors (Lipinski definition) is 1. The van der Waals surface area contributed by atoms with E-state index < -0.39 is 27.8 Å². The van der Waals surface area contributed by atoms with Crippen molar-refractivity contribution in [3.8, 4) is 0 Å². The molecule has 7 heteroatoms. The monoisotopic (exact) mass is 280 g/mol. The summed E-state index contributed by atoms with van der Waals surface area (Å²) in [6.45, 7) is 10.8. The quantitative estimate of drug-likeness (QED) is 0.733. The van der Waals surface area contributed by atoms with E-state index in [1.165, 1.54) is 11.2 Å². The molecule has 1 N–H and O–H groups in total. The molecule has 0 aliphatic heterocycles. The van der Waals surface area contributed by atoms with Crippen molar-refractivity contribution in [3.63, 3.8) is 0 Å². The molecule has 0 spiro atoms. The van der Waals surface area contributed by atoms with Crippen molar-refractivity contribution in [1.82, 2.24) is 9.03 Å². The molecule has 0 rings (SSSR count). The number of ether oxygens (including phenoxy) is 1. The Balaban J connectivity index is 4.66. The molecule has 0 saturated carbocycles. The van der Waals surface area contributed by atoms with Gasteiger partial charge in [-0.1, -0.05) is 13.8 Å². The maximum absolute atomic E-state index is 11.9. The Morgan fingerprint density at radius 3 is 2.06 bits per heavy atom. The second-order valence-corrected chi connectivity index (χ2v) is 6.66. The highest BCUT2D eigenvalue weighted by atomic mass is 32.2. The van der Waals surface area contributed by atoms with Gasteiger partial charge >= 0.3 is 5.97 Å². The molecule has 0 bridgehead atoms. The summed E-state index contributed by atoms with van der Waals surface area (Å²) in [5.74, 6) is -0.585. The van der Waals surface area contributed by atoms with Gasteiger partial charge in [-0.2, -0.15) is 17.4 Å². The number of carbonyl (C=O) groups is 1. The third-order valence-corrected chi connectivity index (χ3v) is 3.98. The zero-order valence-corrected chi connectivity index (χ0v) is 12.8. The van der Waals surface area contributed by atoms with Crippen molar-refractivity contribution in [1.29, 1.82) is 0 Å². The Morgan fingerprint density at radius 2 is 1.72 bits per heavy atom. The van der Waals surface area contributed by atoms with Gasteiger partial charge in [-0.25, -0.2) is 0 Å². The summed E-state index contributed by atoms with van der Waals surface area (Å²) in [6, 6.07) is -0.908. The zero-order chi connectivity index (χ0) is 14.6. The van der Waals surface area contributed by atoms with E-state index >= 15 is 0 Å². The fourth-order valence-corrected chi connectivity index (χ4v) is 2.67. The molecule has 18 heavy (non-hydrogen) atoms. The molecule has 0 aliphatic carbocycles. The SMILES string of the molecule is CCN(CC)S(=O)(=O)N[C@H](C)C(=O)OC(C)(C)C. The highest BCUT2D eigenvalue weighted by Crippen LogP contribution is 2.09. The lowest BCUT2D eigenvalue weighted by Crippen LogP contribution is -2.48. The minimum absolute atomic E-state index is 0.354. The van der Waals surface area contributed by atoms with Crippen molar-refractivity contribution in [2.24, 2.45) is 0 Å². The second-order valence-electron chi connectivity index (χ2n) is 4.96. The first-order chi connectivity index (χ1) is 8.03. The van der Waals surface area contributed by atoms with Crippen LogP contribution >= 0.6 is 0 Å². The molecule has 0 heterocycles. The van der Waals surface area contributed by atoms with E-state index in [1.54, 1.807) is 34.6 Å². The van der Waals surface area contributed by atoms with Crippen molar-refractivity contribution < 1.29 is 17.9 Å². The summed E-state index contributed by atoms with van der Waals surface area (Å²) in [5.41, 5.74) is -0.633. The van der Waals surface area contributed by atoms with Gasteiger partial charge in [0.2, 0.25) is 0 Å². The number of hydrogen-bond acceptors (Lipinski definition) is 4. The van der Waals surface area contributed by atoms with Crippen LogP contribution in [-0.2, 0) is 19.7 Å². The van der Waals surface area contributed by atoms with Gasteiger partial charge in [0.25, 0.3) is 10.2 Å². The Bertz CT molecular complexity index is 369. The first-order valence-corrected chi connectivity index (χ1v) is 7.47. The minimum atomic E-state index is -3.64. The van der Waals surface area contributed by atoms with Gasteiger partial charge in [0.15, 0.2) is 0 Å². The lowest BCUT2D eigenvalue weighted by Gasteiger charge is -2.25. The molecule has 0 amide bonds. The van der Waals surface area contributed by atoms with Crippen molar-refractivity contribution >= 4 is 16.2 Å². The van der Waals surface area contributed by atoms with Gasteiger partial charge in [0.05, 0.1) is 0 Å². The van der Waals surface area contributed by atoms with Crippen LogP contribution in [0.5, 0.6) is 0 Å².